The SMILES string of the molecule is CCCOC(=NC#N)c1cncc(CC)c1. The third kappa shape index (κ3) is 3.35. The van der Waals surface area contributed by atoms with Gasteiger partial charge in [-0.25, -0.2) is 0 Å². The van der Waals surface area contributed by atoms with Crippen molar-refractivity contribution in [1.82, 2.24) is 4.98 Å². The number of nitrogens with zero attached hydrogens (tertiary/aromatic N) is 3. The zero-order valence-electron chi connectivity index (χ0n) is 9.60. The molecule has 0 N–H and O–H groups in total. The van der Waals surface area contributed by atoms with Crippen LogP contribution in [0.15, 0.2) is 23.5 Å². The Bertz CT molecular complexity index is 407. The van der Waals surface area contributed by atoms with Gasteiger partial charge in [0.1, 0.15) is 0 Å². The van der Waals surface area contributed by atoms with Crippen LogP contribution in [0.2, 0.25) is 0 Å². The molecule has 0 aromatic carbocycles. The molecule has 0 bridgehead atoms. The maximum absolute atomic E-state index is 8.59. The van der Waals surface area contributed by atoms with E-state index in [9.17, 15) is 0 Å². The normalized spacial score (nSPS) is 10.9. The molecule has 4 nitrogen and oxygen atoms in total. The van der Waals surface area contributed by atoms with Crippen LogP contribution in [0.4, 0.5) is 0 Å². The third-order valence-corrected chi connectivity index (χ3v) is 2.04. The highest BCUT2D eigenvalue weighted by Crippen LogP contribution is 2.06. The predicted molar refractivity (Wildman–Crippen MR) is 62.0 cm³/mol. The molecule has 0 saturated carbocycles. The molecule has 0 saturated heterocycles. The molecular formula is C12H15N3O. The second-order valence-corrected chi connectivity index (χ2v) is 3.30. The fourth-order valence-electron chi connectivity index (χ4n) is 1.22. The molecule has 4 heteroatoms. The summed E-state index contributed by atoms with van der Waals surface area (Å²) in [7, 11) is 0. The molecule has 1 aromatic rings. The molecule has 1 aromatic heterocycles. The van der Waals surface area contributed by atoms with Gasteiger partial charge in [-0.3, -0.25) is 4.98 Å². The molecule has 0 aliphatic rings. The lowest BCUT2D eigenvalue weighted by molar-refractivity contribution is 0.306. The number of nitriles is 1. The van der Waals surface area contributed by atoms with Crippen molar-refractivity contribution < 1.29 is 4.74 Å². The van der Waals surface area contributed by atoms with E-state index in [-0.39, 0.29) is 0 Å². The number of hydrogen-bond acceptors (Lipinski definition) is 4. The Kier molecular flexibility index (Phi) is 5.00. The van der Waals surface area contributed by atoms with E-state index < -0.39 is 0 Å². The maximum atomic E-state index is 8.59. The van der Waals surface area contributed by atoms with Crippen molar-refractivity contribution in [3.05, 3.63) is 29.6 Å². The molecule has 1 heterocycles. The zero-order valence-corrected chi connectivity index (χ0v) is 9.60. The average Bonchev–Trinajstić information content (AvgIpc) is 2.34. The first-order chi connectivity index (χ1) is 7.81. The van der Waals surface area contributed by atoms with E-state index in [1.54, 1.807) is 18.6 Å². The van der Waals surface area contributed by atoms with E-state index in [0.717, 1.165) is 24.0 Å². The smallest absolute Gasteiger partial charge is 0.233 e. The quantitative estimate of drug-likeness (QED) is 0.441. The molecule has 0 spiro atoms. The second-order valence-electron chi connectivity index (χ2n) is 3.30. The summed E-state index contributed by atoms with van der Waals surface area (Å²) < 4.78 is 5.40. The minimum Gasteiger partial charge on any atom is -0.477 e. The summed E-state index contributed by atoms with van der Waals surface area (Å²) >= 11 is 0. The predicted octanol–water partition coefficient (Wildman–Crippen LogP) is 2.30. The van der Waals surface area contributed by atoms with Gasteiger partial charge in [-0.1, -0.05) is 13.8 Å². The van der Waals surface area contributed by atoms with E-state index in [4.69, 9.17) is 10.00 Å². The van der Waals surface area contributed by atoms with Gasteiger partial charge in [0.05, 0.1) is 12.2 Å². The monoisotopic (exact) mass is 217 g/mol. The first-order valence-electron chi connectivity index (χ1n) is 5.35. The van der Waals surface area contributed by atoms with Crippen molar-refractivity contribution in [2.75, 3.05) is 6.61 Å². The van der Waals surface area contributed by atoms with Crippen LogP contribution >= 0.6 is 0 Å². The van der Waals surface area contributed by atoms with Gasteiger partial charge in [-0.15, -0.1) is 4.99 Å². The summed E-state index contributed by atoms with van der Waals surface area (Å²) in [6, 6.07) is 1.94. The summed E-state index contributed by atoms with van der Waals surface area (Å²) in [4.78, 5) is 7.76. The molecule has 1 rings (SSSR count). The standard InChI is InChI=1S/C12H15N3O/c1-3-5-16-12(15-9-13)11-6-10(4-2)7-14-8-11/h6-8H,3-5H2,1-2H3. The average molecular weight is 217 g/mol. The third-order valence-electron chi connectivity index (χ3n) is 2.04. The number of aromatic nitrogens is 1. The van der Waals surface area contributed by atoms with Crippen LogP contribution in [0.25, 0.3) is 0 Å². The van der Waals surface area contributed by atoms with Gasteiger partial charge in [0.2, 0.25) is 12.1 Å². The molecule has 0 fully saturated rings. The van der Waals surface area contributed by atoms with E-state index in [1.165, 1.54) is 0 Å². The van der Waals surface area contributed by atoms with E-state index in [1.807, 2.05) is 13.0 Å². The summed E-state index contributed by atoms with van der Waals surface area (Å²) in [5, 5.41) is 8.59. The highest BCUT2D eigenvalue weighted by Gasteiger charge is 2.06. The lowest BCUT2D eigenvalue weighted by Crippen LogP contribution is -2.08. The second kappa shape index (κ2) is 6.57. The molecule has 84 valence electrons. The van der Waals surface area contributed by atoms with E-state index in [0.29, 0.717) is 12.5 Å². The van der Waals surface area contributed by atoms with Crippen LogP contribution in [0, 0.1) is 11.5 Å². The summed E-state index contributed by atoms with van der Waals surface area (Å²) in [5.74, 6) is 0.354. The fraction of sp³-hybridized carbons (Fsp3) is 0.417. The minimum absolute atomic E-state index is 0.354. The number of pyridine rings is 1. The summed E-state index contributed by atoms with van der Waals surface area (Å²) in [6.45, 7) is 4.61. The van der Waals surface area contributed by atoms with Crippen molar-refractivity contribution in [3.8, 4) is 6.19 Å². The van der Waals surface area contributed by atoms with Crippen LogP contribution in [0.5, 0.6) is 0 Å². The van der Waals surface area contributed by atoms with Crippen molar-refractivity contribution in [1.29, 1.82) is 5.26 Å². The Morgan fingerprint density at radius 1 is 1.50 bits per heavy atom. The molecular weight excluding hydrogens is 202 g/mol. The van der Waals surface area contributed by atoms with Crippen LogP contribution in [0.3, 0.4) is 0 Å². The Morgan fingerprint density at radius 3 is 2.94 bits per heavy atom. The van der Waals surface area contributed by atoms with Gasteiger partial charge >= 0.3 is 0 Å². The van der Waals surface area contributed by atoms with Gasteiger partial charge in [0.15, 0.2) is 0 Å². The van der Waals surface area contributed by atoms with Gasteiger partial charge in [0.25, 0.3) is 0 Å². The Morgan fingerprint density at radius 2 is 2.31 bits per heavy atom. The zero-order chi connectivity index (χ0) is 11.8. The topological polar surface area (TPSA) is 58.3 Å². The van der Waals surface area contributed by atoms with Crippen molar-refractivity contribution in [3.63, 3.8) is 0 Å². The summed E-state index contributed by atoms with van der Waals surface area (Å²) in [5.41, 5.74) is 1.86. The number of ether oxygens (including phenoxy) is 1. The first-order valence-corrected chi connectivity index (χ1v) is 5.35. The molecule has 0 unspecified atom stereocenters. The van der Waals surface area contributed by atoms with Crippen LogP contribution < -0.4 is 0 Å². The molecule has 0 radical (unpaired) electrons. The Labute approximate surface area is 95.6 Å². The number of aryl methyl sites for hydroxylation is 1. The number of aliphatic imine (C=N–C) groups is 1. The van der Waals surface area contributed by atoms with E-state index >= 15 is 0 Å². The lowest BCUT2D eigenvalue weighted by Gasteiger charge is -2.07. The lowest BCUT2D eigenvalue weighted by atomic mass is 10.1. The van der Waals surface area contributed by atoms with Gasteiger partial charge in [-0.05, 0) is 24.5 Å². The Hall–Kier alpha value is -1.89. The van der Waals surface area contributed by atoms with Crippen LogP contribution in [-0.2, 0) is 11.2 Å². The molecule has 0 atom stereocenters. The van der Waals surface area contributed by atoms with Crippen LogP contribution in [-0.4, -0.2) is 17.5 Å². The number of rotatable bonds is 4. The van der Waals surface area contributed by atoms with Gasteiger partial charge in [-0.2, -0.15) is 5.26 Å². The van der Waals surface area contributed by atoms with E-state index in [2.05, 4.69) is 16.9 Å². The van der Waals surface area contributed by atoms with Gasteiger partial charge in [0, 0.05) is 12.4 Å². The van der Waals surface area contributed by atoms with Crippen LogP contribution in [0.1, 0.15) is 31.4 Å². The highest BCUT2D eigenvalue weighted by atomic mass is 16.5. The van der Waals surface area contributed by atoms with Crippen molar-refractivity contribution in [2.24, 2.45) is 4.99 Å². The molecule has 0 aliphatic carbocycles. The number of hydrogen-bond donors (Lipinski definition) is 0. The first kappa shape index (κ1) is 12.2. The maximum Gasteiger partial charge on any atom is 0.233 e. The van der Waals surface area contributed by atoms with Crippen molar-refractivity contribution in [2.45, 2.75) is 26.7 Å². The Balaban J connectivity index is 2.93. The minimum atomic E-state index is 0.354. The fourth-order valence-corrected chi connectivity index (χ4v) is 1.22. The molecule has 16 heavy (non-hydrogen) atoms. The molecule has 0 aliphatic heterocycles. The van der Waals surface area contributed by atoms with Crippen molar-refractivity contribution >= 4 is 5.90 Å². The summed E-state index contributed by atoms with van der Waals surface area (Å²) in [6.07, 6.45) is 6.98. The largest absolute Gasteiger partial charge is 0.477 e. The molecule has 0 amide bonds. The highest BCUT2D eigenvalue weighted by molar-refractivity contribution is 5.94. The van der Waals surface area contributed by atoms with Gasteiger partial charge < -0.3 is 4.74 Å².